The Hall–Kier alpha value is 0.620. The third-order valence-electron chi connectivity index (χ3n) is 0.409. The first-order chi connectivity index (χ1) is 3.42. The number of nitrogens with two attached hydrogens (primary N) is 1. The molecule has 0 unspecified atom stereocenters. The highest BCUT2D eigenvalue weighted by Crippen LogP contribution is 2.42. The smallest absolute Gasteiger partial charge is 0.0258 e. The second-order valence-electron chi connectivity index (χ2n) is 2.42. The molecule has 2 N–H and O–H groups in total. The highest BCUT2D eigenvalue weighted by Gasteiger charge is 1.95. The summed E-state index contributed by atoms with van der Waals surface area (Å²) in [7, 11) is -1.46. The van der Waals surface area contributed by atoms with Crippen LogP contribution in [0.15, 0.2) is 4.52 Å². The molecule has 0 rings (SSSR count). The van der Waals surface area contributed by atoms with E-state index in [-0.39, 0.29) is 8.07 Å². The molecule has 0 aliphatic carbocycles. The fraction of sp³-hybridized carbons (Fsp3) is 1.00. The van der Waals surface area contributed by atoms with Gasteiger partial charge in [-0.2, -0.15) is 0 Å². The van der Waals surface area contributed by atoms with Crippen LogP contribution < -0.4 is 5.50 Å². The Labute approximate surface area is 52.8 Å². The fourth-order valence-corrected chi connectivity index (χ4v) is 4.15. The summed E-state index contributed by atoms with van der Waals surface area (Å²) in [6.45, 7) is 8.28. The van der Waals surface area contributed by atoms with Crippen LogP contribution in [-0.2, 0) is 0 Å². The van der Waals surface area contributed by atoms with E-state index in [1.165, 1.54) is 0 Å². The topological polar surface area (TPSA) is 38.4 Å². The van der Waals surface area contributed by atoms with Crippen molar-refractivity contribution >= 4 is 15.3 Å². The van der Waals surface area contributed by atoms with Crippen molar-refractivity contribution in [2.45, 2.75) is 0 Å². The molecule has 0 saturated heterocycles. The first-order valence-corrected chi connectivity index (χ1v) is 7.34. The van der Waals surface area contributed by atoms with Gasteiger partial charge in [0.25, 0.3) is 0 Å². The first-order valence-electron chi connectivity index (χ1n) is 2.45. The molecule has 0 saturated carbocycles. The lowest BCUT2D eigenvalue weighted by Crippen LogP contribution is -1.87. The molecule has 0 radical (unpaired) electrons. The lowest BCUT2D eigenvalue weighted by Gasteiger charge is -2.07. The minimum absolute atomic E-state index is 0.139. The average molecular weight is 152 g/mol. The van der Waals surface area contributed by atoms with Gasteiger partial charge in [-0.15, -0.1) is 0 Å². The van der Waals surface area contributed by atoms with Crippen molar-refractivity contribution in [1.82, 2.24) is 0 Å². The van der Waals surface area contributed by atoms with Crippen molar-refractivity contribution in [2.75, 3.05) is 26.7 Å². The van der Waals surface area contributed by atoms with Gasteiger partial charge in [0, 0.05) is 15.3 Å². The zero-order valence-electron chi connectivity index (χ0n) is 5.92. The molecule has 0 aliphatic heterocycles. The third-order valence-corrected chi connectivity index (χ3v) is 3.68. The van der Waals surface area contributed by atoms with Crippen LogP contribution >= 0.6 is 15.3 Å². The van der Waals surface area contributed by atoms with E-state index in [1.807, 2.05) is 13.3 Å². The molecular weight excluding hydrogens is 138 g/mol. The molecule has 0 aliphatic rings. The van der Waals surface area contributed by atoms with Crippen LogP contribution in [0.2, 0.25) is 0 Å². The Balaban J connectivity index is 3.95. The van der Waals surface area contributed by atoms with Gasteiger partial charge in [-0.25, -0.2) is 0 Å². The predicted octanol–water partition coefficient (Wildman–Crippen LogP) is 1.98. The average Bonchev–Trinajstić information content (AvgIpc) is 1.21. The molecule has 0 spiro atoms. The highest BCUT2D eigenvalue weighted by molar-refractivity contribution is 7.70. The van der Waals surface area contributed by atoms with E-state index in [9.17, 15) is 0 Å². The summed E-state index contributed by atoms with van der Waals surface area (Å²) in [4.78, 5) is 0. The van der Waals surface area contributed by atoms with E-state index < -0.39 is 7.21 Å². The quantitative estimate of drug-likeness (QED) is 0.573. The van der Waals surface area contributed by atoms with E-state index in [1.54, 1.807) is 0 Å². The minimum Gasteiger partial charge on any atom is -0.297 e. The molecule has 0 fully saturated rings. The molecule has 0 aromatic rings. The second kappa shape index (κ2) is 2.96. The van der Waals surface area contributed by atoms with Gasteiger partial charge in [-0.1, -0.05) is 0 Å². The summed E-state index contributed by atoms with van der Waals surface area (Å²) in [5.41, 5.74) is 5.70. The summed E-state index contributed by atoms with van der Waals surface area (Å²) < 4.78 is 4.36. The summed E-state index contributed by atoms with van der Waals surface area (Å²) in [5, 5.41) is 0. The van der Waals surface area contributed by atoms with Crippen LogP contribution in [0.25, 0.3) is 0 Å². The molecule has 2 nitrogen and oxygen atoms in total. The monoisotopic (exact) mass is 152 g/mol. The molecule has 0 bridgehead atoms. The van der Waals surface area contributed by atoms with Crippen LogP contribution in [0.1, 0.15) is 0 Å². The molecular formula is C4H14N2P2. The van der Waals surface area contributed by atoms with Gasteiger partial charge in [0.15, 0.2) is 0 Å². The molecule has 0 heterocycles. The van der Waals surface area contributed by atoms with E-state index >= 15 is 0 Å². The Kier molecular flexibility index (Phi) is 3.19. The summed E-state index contributed by atoms with van der Waals surface area (Å²) in [6.07, 6.45) is 0. The van der Waals surface area contributed by atoms with Crippen molar-refractivity contribution in [2.24, 2.45) is 10.0 Å². The lowest BCUT2D eigenvalue weighted by atomic mass is 11.9. The van der Waals surface area contributed by atoms with Crippen LogP contribution in [0.4, 0.5) is 0 Å². The SMILES string of the molecule is CP(C)N=P(C)(C)N. The maximum Gasteiger partial charge on any atom is 0.0258 e. The molecule has 0 amide bonds. The van der Waals surface area contributed by atoms with Crippen molar-refractivity contribution in [1.29, 1.82) is 0 Å². The molecule has 50 valence electrons. The summed E-state index contributed by atoms with van der Waals surface area (Å²) in [6, 6.07) is 0. The normalized spacial score (nSPS) is 12.2. The van der Waals surface area contributed by atoms with Gasteiger partial charge in [-0.05, 0) is 26.7 Å². The summed E-state index contributed by atoms with van der Waals surface area (Å²) in [5.74, 6) is 0. The fourth-order valence-electron chi connectivity index (χ4n) is 0.461. The number of nitrogens with zero attached hydrogens (tertiary/aromatic N) is 1. The molecule has 8 heavy (non-hydrogen) atoms. The van der Waals surface area contributed by atoms with Gasteiger partial charge < -0.3 is 0 Å². The van der Waals surface area contributed by atoms with Crippen molar-refractivity contribution in [3.63, 3.8) is 0 Å². The zero-order chi connectivity index (χ0) is 6.78. The lowest BCUT2D eigenvalue weighted by molar-refractivity contribution is 1.74. The van der Waals surface area contributed by atoms with Crippen LogP contribution in [-0.4, -0.2) is 26.7 Å². The van der Waals surface area contributed by atoms with E-state index in [0.29, 0.717) is 0 Å². The van der Waals surface area contributed by atoms with Crippen LogP contribution in [0.3, 0.4) is 0 Å². The van der Waals surface area contributed by atoms with Crippen molar-refractivity contribution in [3.05, 3.63) is 0 Å². The first kappa shape index (κ1) is 8.62. The standard InChI is InChI=1S/C4H14N2P2/c1-7(2)6-8(3,4)5/h5H2,1-4H3. The largest absolute Gasteiger partial charge is 0.297 e. The van der Waals surface area contributed by atoms with Crippen molar-refractivity contribution < 1.29 is 0 Å². The number of rotatable bonds is 1. The minimum atomic E-state index is -1.32. The Morgan fingerprint density at radius 3 is 1.75 bits per heavy atom. The van der Waals surface area contributed by atoms with Gasteiger partial charge in [0.1, 0.15) is 0 Å². The molecule has 0 atom stereocenters. The number of hydrogen-bond donors (Lipinski definition) is 1. The van der Waals surface area contributed by atoms with Gasteiger partial charge >= 0.3 is 0 Å². The van der Waals surface area contributed by atoms with Gasteiger partial charge in [0.05, 0.1) is 0 Å². The number of hydrogen-bond acceptors (Lipinski definition) is 1. The predicted molar refractivity (Wildman–Crippen MR) is 44.2 cm³/mol. The van der Waals surface area contributed by atoms with Gasteiger partial charge in [0.2, 0.25) is 0 Å². The van der Waals surface area contributed by atoms with E-state index in [4.69, 9.17) is 5.50 Å². The Bertz CT molecular complexity index is 105. The van der Waals surface area contributed by atoms with Crippen LogP contribution in [0, 0.1) is 0 Å². The van der Waals surface area contributed by atoms with Crippen molar-refractivity contribution in [3.8, 4) is 0 Å². The third kappa shape index (κ3) is 6.62. The van der Waals surface area contributed by atoms with Gasteiger partial charge in [-0.3, -0.25) is 10.0 Å². The summed E-state index contributed by atoms with van der Waals surface area (Å²) >= 11 is 0. The van der Waals surface area contributed by atoms with Crippen LogP contribution in [0.5, 0.6) is 0 Å². The Morgan fingerprint density at radius 2 is 1.75 bits per heavy atom. The highest BCUT2D eigenvalue weighted by atomic mass is 31.2. The zero-order valence-corrected chi connectivity index (χ0v) is 7.71. The maximum absolute atomic E-state index is 5.70. The Morgan fingerprint density at radius 1 is 1.38 bits per heavy atom. The molecule has 0 aromatic carbocycles. The van der Waals surface area contributed by atoms with E-state index in [0.717, 1.165) is 0 Å². The molecule has 0 aromatic heterocycles. The molecule has 4 heteroatoms. The maximum atomic E-state index is 5.70. The van der Waals surface area contributed by atoms with E-state index in [2.05, 4.69) is 17.8 Å². The second-order valence-corrected chi connectivity index (χ2v) is 7.78.